The highest BCUT2D eigenvalue weighted by atomic mass is 16.4. The zero-order chi connectivity index (χ0) is 12.5. The molecule has 0 bridgehead atoms. The molecule has 3 rings (SSSR count). The van der Waals surface area contributed by atoms with E-state index in [1.807, 2.05) is 0 Å². The zero-order valence-corrected chi connectivity index (χ0v) is 10.1. The molecule has 1 aromatic heterocycles. The van der Waals surface area contributed by atoms with E-state index in [1.165, 1.54) is 25.6 Å². The molecule has 1 aromatic rings. The molecule has 2 fully saturated rings. The third-order valence-electron chi connectivity index (χ3n) is 3.77. The Balaban J connectivity index is 1.85. The highest BCUT2D eigenvalue weighted by Gasteiger charge is 2.32. The Labute approximate surface area is 105 Å². The van der Waals surface area contributed by atoms with Crippen molar-refractivity contribution in [3.05, 3.63) is 18.1 Å². The summed E-state index contributed by atoms with van der Waals surface area (Å²) in [5, 5.41) is 9.14. The summed E-state index contributed by atoms with van der Waals surface area (Å²) in [6.07, 6.45) is 5.42. The molecule has 0 amide bonds. The molecule has 0 aliphatic carbocycles. The number of hydrogen-bond donors (Lipinski definition) is 1. The SMILES string of the molecule is O=C(O)c1nccnc1N1CCN2CCCC2C1. The Kier molecular flexibility index (Phi) is 2.87. The number of anilines is 1. The lowest BCUT2D eigenvalue weighted by Crippen LogP contribution is -2.50. The second kappa shape index (κ2) is 4.53. The van der Waals surface area contributed by atoms with Crippen LogP contribution >= 0.6 is 0 Å². The topological polar surface area (TPSA) is 69.6 Å². The molecule has 2 aliphatic rings. The minimum atomic E-state index is -1.01. The van der Waals surface area contributed by atoms with Gasteiger partial charge in [-0.2, -0.15) is 0 Å². The summed E-state index contributed by atoms with van der Waals surface area (Å²) in [5.41, 5.74) is 0.0592. The largest absolute Gasteiger partial charge is 0.476 e. The predicted octanol–water partition coefficient (Wildman–Crippen LogP) is 0.459. The van der Waals surface area contributed by atoms with Gasteiger partial charge < -0.3 is 10.0 Å². The van der Waals surface area contributed by atoms with Crippen LogP contribution in [0.1, 0.15) is 23.3 Å². The molecule has 2 saturated heterocycles. The van der Waals surface area contributed by atoms with E-state index in [0.29, 0.717) is 11.9 Å². The molecule has 1 N–H and O–H groups in total. The second-order valence-corrected chi connectivity index (χ2v) is 4.81. The van der Waals surface area contributed by atoms with Crippen molar-refractivity contribution in [2.24, 2.45) is 0 Å². The zero-order valence-electron chi connectivity index (χ0n) is 10.1. The van der Waals surface area contributed by atoms with Crippen molar-refractivity contribution in [2.45, 2.75) is 18.9 Å². The number of aromatic nitrogens is 2. The summed E-state index contributed by atoms with van der Waals surface area (Å²) < 4.78 is 0. The van der Waals surface area contributed by atoms with E-state index in [4.69, 9.17) is 5.11 Å². The maximum absolute atomic E-state index is 11.2. The Morgan fingerprint density at radius 3 is 2.94 bits per heavy atom. The Bertz CT molecular complexity index is 465. The van der Waals surface area contributed by atoms with E-state index < -0.39 is 5.97 Å². The molecule has 6 nitrogen and oxygen atoms in total. The first-order valence-electron chi connectivity index (χ1n) is 6.29. The van der Waals surface area contributed by atoms with Crippen molar-refractivity contribution in [1.82, 2.24) is 14.9 Å². The molecule has 1 atom stereocenters. The number of hydrogen-bond acceptors (Lipinski definition) is 5. The Morgan fingerprint density at radius 2 is 2.11 bits per heavy atom. The second-order valence-electron chi connectivity index (χ2n) is 4.81. The van der Waals surface area contributed by atoms with Crippen LogP contribution in [0.2, 0.25) is 0 Å². The minimum absolute atomic E-state index is 0.0592. The minimum Gasteiger partial charge on any atom is -0.476 e. The number of carboxylic acid groups (broad SMARTS) is 1. The van der Waals surface area contributed by atoms with Crippen molar-refractivity contribution >= 4 is 11.8 Å². The summed E-state index contributed by atoms with van der Waals surface area (Å²) in [6.45, 7) is 3.85. The molecular formula is C12H16N4O2. The van der Waals surface area contributed by atoms with Gasteiger partial charge in [-0.05, 0) is 19.4 Å². The van der Waals surface area contributed by atoms with Gasteiger partial charge in [0, 0.05) is 38.1 Å². The molecule has 0 spiro atoms. The third kappa shape index (κ3) is 1.92. The fourth-order valence-electron chi connectivity index (χ4n) is 2.90. The summed E-state index contributed by atoms with van der Waals surface area (Å²) in [6, 6.07) is 0.544. The first-order valence-corrected chi connectivity index (χ1v) is 6.29. The van der Waals surface area contributed by atoms with Gasteiger partial charge in [-0.15, -0.1) is 0 Å². The van der Waals surface area contributed by atoms with E-state index in [9.17, 15) is 4.79 Å². The van der Waals surface area contributed by atoms with Crippen molar-refractivity contribution in [3.63, 3.8) is 0 Å². The normalized spacial score (nSPS) is 24.0. The van der Waals surface area contributed by atoms with Gasteiger partial charge in [-0.1, -0.05) is 0 Å². The third-order valence-corrected chi connectivity index (χ3v) is 3.77. The Morgan fingerprint density at radius 1 is 1.28 bits per heavy atom. The number of aromatic carboxylic acids is 1. The van der Waals surface area contributed by atoms with Gasteiger partial charge in [0.15, 0.2) is 11.5 Å². The fraction of sp³-hybridized carbons (Fsp3) is 0.583. The molecule has 18 heavy (non-hydrogen) atoms. The van der Waals surface area contributed by atoms with Crippen molar-refractivity contribution < 1.29 is 9.90 Å². The van der Waals surface area contributed by atoms with Crippen LogP contribution in [0.3, 0.4) is 0 Å². The highest BCUT2D eigenvalue weighted by molar-refractivity contribution is 5.90. The standard InChI is InChI=1S/C12H16N4O2/c17-12(18)10-11(14-4-3-13-10)16-7-6-15-5-1-2-9(15)8-16/h3-4,9H,1-2,5-8H2,(H,17,18). The van der Waals surface area contributed by atoms with E-state index in [0.717, 1.165) is 19.6 Å². The maximum atomic E-state index is 11.2. The lowest BCUT2D eigenvalue weighted by atomic mass is 10.1. The molecule has 0 saturated carbocycles. The van der Waals surface area contributed by atoms with Gasteiger partial charge in [0.25, 0.3) is 0 Å². The van der Waals surface area contributed by atoms with Crippen LogP contribution in [-0.2, 0) is 0 Å². The summed E-state index contributed by atoms with van der Waals surface area (Å²) in [4.78, 5) is 23.8. The van der Waals surface area contributed by atoms with Crippen LogP contribution in [0, 0.1) is 0 Å². The molecule has 1 unspecified atom stereocenters. The first-order chi connectivity index (χ1) is 8.75. The first kappa shape index (κ1) is 11.4. The molecule has 6 heteroatoms. The Hall–Kier alpha value is -1.69. The average molecular weight is 248 g/mol. The van der Waals surface area contributed by atoms with Gasteiger partial charge in [0.05, 0.1) is 0 Å². The summed E-state index contributed by atoms with van der Waals surface area (Å²) >= 11 is 0. The quantitative estimate of drug-likeness (QED) is 0.820. The molecular weight excluding hydrogens is 232 g/mol. The van der Waals surface area contributed by atoms with Crippen LogP contribution in [0.5, 0.6) is 0 Å². The maximum Gasteiger partial charge on any atom is 0.358 e. The number of nitrogens with zero attached hydrogens (tertiary/aromatic N) is 4. The molecule has 0 aromatic carbocycles. The molecule has 0 radical (unpaired) electrons. The number of piperazine rings is 1. The average Bonchev–Trinajstić information content (AvgIpc) is 2.85. The van der Waals surface area contributed by atoms with Crippen molar-refractivity contribution in [2.75, 3.05) is 31.1 Å². The van der Waals surface area contributed by atoms with E-state index in [1.54, 1.807) is 6.20 Å². The van der Waals surface area contributed by atoms with Gasteiger partial charge in [0.2, 0.25) is 0 Å². The monoisotopic (exact) mass is 248 g/mol. The van der Waals surface area contributed by atoms with Crippen LogP contribution in [0.4, 0.5) is 5.82 Å². The number of carboxylic acids is 1. The van der Waals surface area contributed by atoms with Crippen molar-refractivity contribution in [1.29, 1.82) is 0 Å². The number of carbonyl (C=O) groups is 1. The lowest BCUT2D eigenvalue weighted by molar-refractivity contribution is 0.0690. The van der Waals surface area contributed by atoms with Gasteiger partial charge in [0.1, 0.15) is 0 Å². The van der Waals surface area contributed by atoms with Gasteiger partial charge in [-0.25, -0.2) is 14.8 Å². The summed E-state index contributed by atoms with van der Waals surface area (Å²) in [5.74, 6) is -0.497. The number of fused-ring (bicyclic) bond motifs is 1. The number of rotatable bonds is 2. The van der Waals surface area contributed by atoms with E-state index in [-0.39, 0.29) is 5.69 Å². The summed E-state index contributed by atoms with van der Waals surface area (Å²) in [7, 11) is 0. The van der Waals surface area contributed by atoms with Gasteiger partial charge in [-0.3, -0.25) is 4.90 Å². The predicted molar refractivity (Wildman–Crippen MR) is 65.8 cm³/mol. The highest BCUT2D eigenvalue weighted by Crippen LogP contribution is 2.25. The van der Waals surface area contributed by atoms with Gasteiger partial charge >= 0.3 is 5.97 Å². The van der Waals surface area contributed by atoms with Crippen molar-refractivity contribution in [3.8, 4) is 0 Å². The fourth-order valence-corrected chi connectivity index (χ4v) is 2.90. The smallest absolute Gasteiger partial charge is 0.358 e. The van der Waals surface area contributed by atoms with Crippen LogP contribution in [-0.4, -0.2) is 58.2 Å². The van der Waals surface area contributed by atoms with E-state index in [2.05, 4.69) is 19.8 Å². The molecule has 96 valence electrons. The van der Waals surface area contributed by atoms with Crippen LogP contribution < -0.4 is 4.90 Å². The van der Waals surface area contributed by atoms with Crippen LogP contribution in [0.25, 0.3) is 0 Å². The molecule has 3 heterocycles. The van der Waals surface area contributed by atoms with Crippen LogP contribution in [0.15, 0.2) is 12.4 Å². The lowest BCUT2D eigenvalue weighted by Gasteiger charge is -2.38. The molecule has 2 aliphatic heterocycles. The van der Waals surface area contributed by atoms with E-state index >= 15 is 0 Å².